The van der Waals surface area contributed by atoms with Crippen molar-refractivity contribution in [3.63, 3.8) is 0 Å². The lowest BCUT2D eigenvalue weighted by Gasteiger charge is -1.78. The molecule has 3 nitrogen and oxygen atoms in total. The van der Waals surface area contributed by atoms with Crippen molar-refractivity contribution in [3.05, 3.63) is 12.3 Å². The summed E-state index contributed by atoms with van der Waals surface area (Å²) in [6, 6.07) is 0. The molecule has 0 saturated carbocycles. The second-order valence-electron chi connectivity index (χ2n) is 1.07. The second kappa shape index (κ2) is 3.36. The summed E-state index contributed by atoms with van der Waals surface area (Å²) < 4.78 is 0. The first-order valence-electron chi connectivity index (χ1n) is 1.84. The van der Waals surface area contributed by atoms with Gasteiger partial charge in [0.25, 0.3) is 0 Å². The SMILES string of the molecule is CC(=O)C=CNO. The maximum atomic E-state index is 9.96. The van der Waals surface area contributed by atoms with Crippen LogP contribution in [0, 0.1) is 0 Å². The zero-order chi connectivity index (χ0) is 5.70. The van der Waals surface area contributed by atoms with Crippen molar-refractivity contribution < 1.29 is 10.0 Å². The lowest BCUT2D eigenvalue weighted by Crippen LogP contribution is -1.94. The van der Waals surface area contributed by atoms with Crippen LogP contribution in [0.2, 0.25) is 0 Å². The normalized spacial score (nSPS) is 9.43. The summed E-state index contributed by atoms with van der Waals surface area (Å²) in [6.45, 7) is 1.40. The molecule has 0 radical (unpaired) electrons. The Morgan fingerprint density at radius 2 is 2.43 bits per heavy atom. The number of hydrogen-bond donors (Lipinski definition) is 2. The van der Waals surface area contributed by atoms with E-state index in [0.29, 0.717) is 0 Å². The van der Waals surface area contributed by atoms with Gasteiger partial charge in [-0.2, -0.15) is 0 Å². The molecule has 0 aliphatic carbocycles. The van der Waals surface area contributed by atoms with Gasteiger partial charge in [0.15, 0.2) is 5.78 Å². The Hall–Kier alpha value is -0.830. The Labute approximate surface area is 41.6 Å². The van der Waals surface area contributed by atoms with Crippen LogP contribution in [-0.4, -0.2) is 11.0 Å². The van der Waals surface area contributed by atoms with Crippen LogP contribution >= 0.6 is 0 Å². The summed E-state index contributed by atoms with van der Waals surface area (Å²) in [4.78, 5) is 9.96. The standard InChI is InChI=1S/C4H7NO2/c1-4(6)2-3-5-7/h2-3,5,7H,1H3. The zero-order valence-electron chi connectivity index (χ0n) is 4.01. The van der Waals surface area contributed by atoms with Crippen molar-refractivity contribution in [1.29, 1.82) is 0 Å². The average molecular weight is 101 g/mol. The fourth-order valence-electron chi connectivity index (χ4n) is 0.155. The molecule has 0 aromatic carbocycles. The van der Waals surface area contributed by atoms with Gasteiger partial charge in [-0.05, 0) is 13.0 Å². The molecular formula is C4H7NO2. The molecule has 0 amide bonds. The molecule has 0 saturated heterocycles. The van der Waals surface area contributed by atoms with Crippen molar-refractivity contribution in [2.24, 2.45) is 0 Å². The highest BCUT2D eigenvalue weighted by molar-refractivity contribution is 5.86. The van der Waals surface area contributed by atoms with E-state index in [2.05, 4.69) is 0 Å². The number of ketones is 1. The van der Waals surface area contributed by atoms with Gasteiger partial charge in [-0.3, -0.25) is 15.5 Å². The van der Waals surface area contributed by atoms with E-state index in [1.807, 2.05) is 0 Å². The minimum absolute atomic E-state index is 0.0958. The molecule has 7 heavy (non-hydrogen) atoms. The highest BCUT2D eigenvalue weighted by Gasteiger charge is 1.75. The van der Waals surface area contributed by atoms with Gasteiger partial charge in [0.05, 0.1) is 0 Å². The van der Waals surface area contributed by atoms with E-state index in [1.165, 1.54) is 13.0 Å². The molecule has 0 aromatic heterocycles. The minimum Gasteiger partial charge on any atom is -0.295 e. The third kappa shape index (κ3) is 5.17. The molecule has 3 heteroatoms. The monoisotopic (exact) mass is 101 g/mol. The Morgan fingerprint density at radius 3 is 2.57 bits per heavy atom. The molecule has 0 spiro atoms. The van der Waals surface area contributed by atoms with Crippen LogP contribution in [0.25, 0.3) is 0 Å². The van der Waals surface area contributed by atoms with Crippen LogP contribution < -0.4 is 5.48 Å². The molecule has 0 heterocycles. The molecule has 0 aliphatic rings. The Balaban J connectivity index is 3.26. The highest BCUT2D eigenvalue weighted by Crippen LogP contribution is 1.67. The predicted molar refractivity (Wildman–Crippen MR) is 24.7 cm³/mol. The van der Waals surface area contributed by atoms with E-state index >= 15 is 0 Å². The molecule has 0 rings (SSSR count). The van der Waals surface area contributed by atoms with Gasteiger partial charge in [0, 0.05) is 6.20 Å². The van der Waals surface area contributed by atoms with Crippen LogP contribution in [0.15, 0.2) is 12.3 Å². The zero-order valence-corrected chi connectivity index (χ0v) is 4.01. The van der Waals surface area contributed by atoms with Crippen molar-refractivity contribution in [2.75, 3.05) is 0 Å². The van der Waals surface area contributed by atoms with E-state index in [-0.39, 0.29) is 5.78 Å². The van der Waals surface area contributed by atoms with Gasteiger partial charge >= 0.3 is 0 Å². The number of carbonyl (C=O) groups excluding carboxylic acids is 1. The third-order valence-corrected chi connectivity index (χ3v) is 0.393. The summed E-state index contributed by atoms with van der Waals surface area (Å²) >= 11 is 0. The maximum absolute atomic E-state index is 9.96. The van der Waals surface area contributed by atoms with E-state index in [1.54, 1.807) is 5.48 Å². The number of carbonyl (C=O) groups is 1. The summed E-state index contributed by atoms with van der Waals surface area (Å²) in [5.74, 6) is -0.0958. The van der Waals surface area contributed by atoms with E-state index in [9.17, 15) is 4.79 Å². The Kier molecular flexibility index (Phi) is 2.96. The van der Waals surface area contributed by atoms with Crippen LogP contribution in [-0.2, 0) is 4.79 Å². The largest absolute Gasteiger partial charge is 0.295 e. The minimum atomic E-state index is -0.0958. The first kappa shape index (κ1) is 6.17. The van der Waals surface area contributed by atoms with E-state index in [4.69, 9.17) is 5.21 Å². The topological polar surface area (TPSA) is 49.3 Å². The van der Waals surface area contributed by atoms with Gasteiger partial charge in [-0.1, -0.05) is 0 Å². The van der Waals surface area contributed by atoms with E-state index in [0.717, 1.165) is 6.20 Å². The molecule has 0 aromatic rings. The van der Waals surface area contributed by atoms with Crippen molar-refractivity contribution >= 4 is 5.78 Å². The summed E-state index contributed by atoms with van der Waals surface area (Å²) in [5.41, 5.74) is 1.70. The average Bonchev–Trinajstić information content (AvgIpc) is 1.61. The molecule has 0 aliphatic heterocycles. The highest BCUT2D eigenvalue weighted by atomic mass is 16.5. The first-order valence-corrected chi connectivity index (χ1v) is 1.84. The number of rotatable bonds is 2. The predicted octanol–water partition coefficient (Wildman–Crippen LogP) is 0.0679. The summed E-state index contributed by atoms with van der Waals surface area (Å²) in [6.07, 6.45) is 2.38. The first-order chi connectivity index (χ1) is 3.27. The smallest absolute Gasteiger partial charge is 0.154 e. The van der Waals surface area contributed by atoms with Crippen LogP contribution in [0.3, 0.4) is 0 Å². The molecule has 0 bridgehead atoms. The molecule has 0 atom stereocenters. The number of hydroxylamine groups is 1. The van der Waals surface area contributed by atoms with Crippen molar-refractivity contribution in [3.8, 4) is 0 Å². The van der Waals surface area contributed by atoms with Gasteiger partial charge in [-0.25, -0.2) is 0 Å². The number of nitrogens with one attached hydrogen (secondary N) is 1. The quantitative estimate of drug-likeness (QED) is 0.382. The molecule has 0 fully saturated rings. The molecule has 2 N–H and O–H groups in total. The molecule has 40 valence electrons. The lowest BCUT2D eigenvalue weighted by atomic mass is 10.4. The van der Waals surface area contributed by atoms with E-state index < -0.39 is 0 Å². The summed E-state index contributed by atoms with van der Waals surface area (Å²) in [7, 11) is 0. The van der Waals surface area contributed by atoms with Gasteiger partial charge in [0.2, 0.25) is 0 Å². The molecular weight excluding hydrogens is 94.0 g/mol. The number of hydrogen-bond acceptors (Lipinski definition) is 3. The van der Waals surface area contributed by atoms with Crippen molar-refractivity contribution in [2.45, 2.75) is 6.92 Å². The second-order valence-corrected chi connectivity index (χ2v) is 1.07. The van der Waals surface area contributed by atoms with Crippen molar-refractivity contribution in [1.82, 2.24) is 5.48 Å². The van der Waals surface area contributed by atoms with Gasteiger partial charge < -0.3 is 0 Å². The van der Waals surface area contributed by atoms with Crippen LogP contribution in [0.5, 0.6) is 0 Å². The van der Waals surface area contributed by atoms with Gasteiger partial charge in [0.1, 0.15) is 0 Å². The third-order valence-electron chi connectivity index (χ3n) is 0.393. The van der Waals surface area contributed by atoms with Gasteiger partial charge in [-0.15, -0.1) is 0 Å². The molecule has 0 unspecified atom stereocenters. The lowest BCUT2D eigenvalue weighted by molar-refractivity contribution is -0.112. The van der Waals surface area contributed by atoms with Crippen LogP contribution in [0.1, 0.15) is 6.92 Å². The fraction of sp³-hybridized carbons (Fsp3) is 0.250. The Morgan fingerprint density at radius 1 is 1.86 bits per heavy atom. The fourth-order valence-corrected chi connectivity index (χ4v) is 0.155. The summed E-state index contributed by atoms with van der Waals surface area (Å²) in [5, 5.41) is 7.83. The number of allylic oxidation sites excluding steroid dienone is 1. The Bertz CT molecular complexity index is 87.7. The maximum Gasteiger partial charge on any atom is 0.154 e. The van der Waals surface area contributed by atoms with Crippen LogP contribution in [0.4, 0.5) is 0 Å².